The van der Waals surface area contributed by atoms with E-state index in [2.05, 4.69) is 10.0 Å². The van der Waals surface area contributed by atoms with Gasteiger partial charge in [0.2, 0.25) is 0 Å². The van der Waals surface area contributed by atoms with Crippen molar-refractivity contribution in [2.75, 3.05) is 49.9 Å². The molecule has 1 heterocycles. The lowest BCUT2D eigenvalue weighted by atomic mass is 10.1. The Balaban J connectivity index is 1.61. The summed E-state index contributed by atoms with van der Waals surface area (Å²) in [4.78, 5) is 28.0. The number of rotatable bonds is 9. The Morgan fingerprint density at radius 3 is 2.23 bits per heavy atom. The van der Waals surface area contributed by atoms with Gasteiger partial charge in [0.15, 0.2) is 0 Å². The third kappa shape index (κ3) is 7.89. The third-order valence-electron chi connectivity index (χ3n) is 6.70. The Morgan fingerprint density at radius 2 is 1.60 bits per heavy atom. The van der Waals surface area contributed by atoms with Crippen LogP contribution in [0.5, 0.6) is 5.75 Å². The second-order valence-corrected chi connectivity index (χ2v) is 11.2. The first kappa shape index (κ1) is 31.5. The molecule has 0 bridgehead atoms. The molecule has 3 aromatic carbocycles. The lowest BCUT2D eigenvalue weighted by Crippen LogP contribution is -2.50. The summed E-state index contributed by atoms with van der Waals surface area (Å²) in [5.74, 6) is 0.184. The molecule has 1 aliphatic heterocycles. The summed E-state index contributed by atoms with van der Waals surface area (Å²) in [6, 6.07) is 15.0. The monoisotopic (exact) mass is 620 g/mol. The standard InChI is InChI=1S/C29H31F3N4O6S/c1-3-42-28(38)36-15-13-35(14-16-36)27(37)21-9-12-25(33-19-20-7-10-24(41-2)11-8-20)26(17-21)43(39,40)34-23-6-4-5-22(18-23)29(30,31)32/h4-12,17-18,33-34H,3,13-16,19H2,1-2H3. The summed E-state index contributed by atoms with van der Waals surface area (Å²) in [7, 11) is -2.94. The van der Waals surface area contributed by atoms with Crippen LogP contribution in [0, 0.1) is 0 Å². The normalized spacial score (nSPS) is 13.8. The maximum Gasteiger partial charge on any atom is 0.416 e. The molecule has 0 unspecified atom stereocenters. The number of hydrogen-bond donors (Lipinski definition) is 2. The van der Waals surface area contributed by atoms with Crippen LogP contribution < -0.4 is 14.8 Å². The molecule has 2 N–H and O–H groups in total. The first-order chi connectivity index (χ1) is 20.4. The molecule has 3 aromatic rings. The number of amides is 2. The van der Waals surface area contributed by atoms with E-state index in [0.29, 0.717) is 11.8 Å². The number of sulfonamides is 1. The van der Waals surface area contributed by atoms with Crippen LogP contribution in [-0.4, -0.2) is 70.1 Å². The largest absolute Gasteiger partial charge is 0.497 e. The van der Waals surface area contributed by atoms with E-state index < -0.39 is 33.8 Å². The van der Waals surface area contributed by atoms with Crippen molar-refractivity contribution in [3.8, 4) is 5.75 Å². The number of anilines is 2. The minimum absolute atomic E-state index is 0.0593. The van der Waals surface area contributed by atoms with Crippen LogP contribution in [0.15, 0.2) is 71.6 Å². The van der Waals surface area contributed by atoms with Gasteiger partial charge in [0.25, 0.3) is 15.9 Å². The van der Waals surface area contributed by atoms with Gasteiger partial charge in [0, 0.05) is 44.0 Å². The van der Waals surface area contributed by atoms with Gasteiger partial charge >= 0.3 is 12.3 Å². The zero-order valence-electron chi connectivity index (χ0n) is 23.5. The van der Waals surface area contributed by atoms with E-state index in [-0.39, 0.29) is 61.2 Å². The number of piperazine rings is 1. The molecule has 0 aliphatic carbocycles. The number of carbonyl (C=O) groups is 2. The van der Waals surface area contributed by atoms with Gasteiger partial charge in [-0.1, -0.05) is 18.2 Å². The van der Waals surface area contributed by atoms with E-state index in [1.54, 1.807) is 31.2 Å². The van der Waals surface area contributed by atoms with Gasteiger partial charge in [0.1, 0.15) is 10.6 Å². The number of alkyl halides is 3. The molecule has 1 saturated heterocycles. The van der Waals surface area contributed by atoms with Gasteiger partial charge in [-0.15, -0.1) is 0 Å². The van der Waals surface area contributed by atoms with Gasteiger partial charge in [-0.05, 0) is 61.0 Å². The molecule has 1 aliphatic rings. The quantitative estimate of drug-likeness (QED) is 0.344. The number of halogens is 3. The molecule has 14 heteroatoms. The van der Waals surface area contributed by atoms with Crippen molar-refractivity contribution >= 4 is 33.4 Å². The average molecular weight is 621 g/mol. The maximum atomic E-state index is 13.6. The molecule has 10 nitrogen and oxygen atoms in total. The number of benzene rings is 3. The average Bonchev–Trinajstić information content (AvgIpc) is 2.99. The fraction of sp³-hybridized carbons (Fsp3) is 0.310. The molecule has 0 atom stereocenters. The van der Waals surface area contributed by atoms with Crippen LogP contribution in [0.1, 0.15) is 28.4 Å². The van der Waals surface area contributed by atoms with Crippen LogP contribution in [0.3, 0.4) is 0 Å². The molecular weight excluding hydrogens is 589 g/mol. The van der Waals surface area contributed by atoms with Crippen molar-refractivity contribution in [2.45, 2.75) is 24.5 Å². The molecule has 1 fully saturated rings. The van der Waals surface area contributed by atoms with Crippen LogP contribution in [0.2, 0.25) is 0 Å². The fourth-order valence-electron chi connectivity index (χ4n) is 4.42. The third-order valence-corrected chi connectivity index (χ3v) is 8.12. The lowest BCUT2D eigenvalue weighted by Gasteiger charge is -2.34. The molecule has 0 spiro atoms. The smallest absolute Gasteiger partial charge is 0.416 e. The Kier molecular flexibility index (Phi) is 9.69. The van der Waals surface area contributed by atoms with E-state index in [1.807, 2.05) is 0 Å². The van der Waals surface area contributed by atoms with Gasteiger partial charge in [0.05, 0.1) is 25.0 Å². The molecule has 4 rings (SSSR count). The molecular formula is C29H31F3N4O6S. The second-order valence-electron chi connectivity index (χ2n) is 9.57. The van der Waals surface area contributed by atoms with E-state index in [4.69, 9.17) is 9.47 Å². The van der Waals surface area contributed by atoms with E-state index in [9.17, 15) is 31.2 Å². The first-order valence-electron chi connectivity index (χ1n) is 13.3. The van der Waals surface area contributed by atoms with Crippen molar-refractivity contribution in [2.24, 2.45) is 0 Å². The van der Waals surface area contributed by atoms with Gasteiger partial charge in [-0.25, -0.2) is 13.2 Å². The van der Waals surface area contributed by atoms with Crippen molar-refractivity contribution in [3.05, 3.63) is 83.4 Å². The van der Waals surface area contributed by atoms with E-state index in [1.165, 1.54) is 41.2 Å². The second kappa shape index (κ2) is 13.2. The van der Waals surface area contributed by atoms with Crippen LogP contribution in [0.4, 0.5) is 29.3 Å². The van der Waals surface area contributed by atoms with Crippen LogP contribution in [0.25, 0.3) is 0 Å². The van der Waals surface area contributed by atoms with Crippen molar-refractivity contribution < 1.29 is 40.7 Å². The van der Waals surface area contributed by atoms with Crippen LogP contribution >= 0.6 is 0 Å². The SMILES string of the molecule is CCOC(=O)N1CCN(C(=O)c2ccc(NCc3ccc(OC)cc3)c(S(=O)(=O)Nc3cccc(C(F)(F)F)c3)c2)CC1. The Hall–Kier alpha value is -4.46. The number of ether oxygens (including phenoxy) is 2. The number of nitrogens with one attached hydrogen (secondary N) is 2. The zero-order valence-corrected chi connectivity index (χ0v) is 24.3. The predicted octanol–water partition coefficient (Wildman–Crippen LogP) is 5.04. The minimum Gasteiger partial charge on any atom is -0.497 e. The topological polar surface area (TPSA) is 117 Å². The molecule has 43 heavy (non-hydrogen) atoms. The molecule has 0 saturated carbocycles. The van der Waals surface area contributed by atoms with Crippen molar-refractivity contribution in [3.63, 3.8) is 0 Å². The summed E-state index contributed by atoms with van der Waals surface area (Å²) >= 11 is 0. The summed E-state index contributed by atoms with van der Waals surface area (Å²) < 4.78 is 79.3. The highest BCUT2D eigenvalue weighted by molar-refractivity contribution is 7.92. The summed E-state index contributed by atoms with van der Waals surface area (Å²) in [5, 5.41) is 3.05. The number of carbonyl (C=O) groups excluding carboxylic acids is 2. The lowest BCUT2D eigenvalue weighted by molar-refractivity contribution is -0.137. The Bertz CT molecular complexity index is 1560. The highest BCUT2D eigenvalue weighted by Gasteiger charge is 2.31. The van der Waals surface area contributed by atoms with Gasteiger partial charge < -0.3 is 24.6 Å². The highest BCUT2D eigenvalue weighted by atomic mass is 32.2. The number of methoxy groups -OCH3 is 1. The Labute approximate surface area is 247 Å². The van der Waals surface area contributed by atoms with Crippen molar-refractivity contribution in [1.82, 2.24) is 9.80 Å². The minimum atomic E-state index is -4.67. The number of nitrogens with zero attached hydrogens (tertiary/aromatic N) is 2. The molecule has 0 aromatic heterocycles. The Morgan fingerprint density at radius 1 is 0.930 bits per heavy atom. The van der Waals surface area contributed by atoms with E-state index >= 15 is 0 Å². The molecule has 2 amide bonds. The maximum absolute atomic E-state index is 13.6. The summed E-state index contributed by atoms with van der Waals surface area (Å²) in [6.07, 6.45) is -5.15. The first-order valence-corrected chi connectivity index (χ1v) is 14.8. The zero-order chi connectivity index (χ0) is 31.2. The van der Waals surface area contributed by atoms with Crippen LogP contribution in [-0.2, 0) is 27.5 Å². The summed E-state index contributed by atoms with van der Waals surface area (Å²) in [6.45, 7) is 3.03. The van der Waals surface area contributed by atoms with Gasteiger partial charge in [-0.3, -0.25) is 9.52 Å². The summed E-state index contributed by atoms with van der Waals surface area (Å²) in [5.41, 5.74) is -0.309. The van der Waals surface area contributed by atoms with Gasteiger partial charge in [-0.2, -0.15) is 13.2 Å². The van der Waals surface area contributed by atoms with E-state index in [0.717, 1.165) is 17.7 Å². The number of hydrogen-bond acceptors (Lipinski definition) is 7. The molecule has 230 valence electrons. The molecule has 0 radical (unpaired) electrons. The fourth-order valence-corrected chi connectivity index (χ4v) is 5.68. The highest BCUT2D eigenvalue weighted by Crippen LogP contribution is 2.32. The van der Waals surface area contributed by atoms with Crippen molar-refractivity contribution in [1.29, 1.82) is 0 Å². The predicted molar refractivity (Wildman–Crippen MR) is 154 cm³/mol.